The van der Waals surface area contributed by atoms with Gasteiger partial charge in [0, 0.05) is 42.2 Å². The van der Waals surface area contributed by atoms with Crippen LogP contribution in [0.25, 0.3) is 11.0 Å². The van der Waals surface area contributed by atoms with E-state index in [0.29, 0.717) is 53.9 Å². The predicted molar refractivity (Wildman–Crippen MR) is 165 cm³/mol. The molecule has 230 valence electrons. The van der Waals surface area contributed by atoms with Crippen molar-refractivity contribution in [3.05, 3.63) is 81.4 Å². The van der Waals surface area contributed by atoms with Gasteiger partial charge in [0.05, 0.1) is 24.1 Å². The summed E-state index contributed by atoms with van der Waals surface area (Å²) in [6.07, 6.45) is 7.79. The van der Waals surface area contributed by atoms with E-state index in [1.807, 2.05) is 6.07 Å². The van der Waals surface area contributed by atoms with E-state index in [-0.39, 0.29) is 41.1 Å². The first-order chi connectivity index (χ1) is 21.2. The second kappa shape index (κ2) is 12.0. The summed E-state index contributed by atoms with van der Waals surface area (Å²) in [7, 11) is 0. The third-order valence-electron chi connectivity index (χ3n) is 9.13. The van der Waals surface area contributed by atoms with Crippen LogP contribution >= 0.6 is 0 Å². The molecular weight excluding hydrogens is 566 g/mol. The maximum absolute atomic E-state index is 15.2. The number of hydrogen-bond acceptors (Lipinski definition) is 8. The second-order valence-corrected chi connectivity index (χ2v) is 11.9. The predicted octanol–water partition coefficient (Wildman–Crippen LogP) is 6.06. The van der Waals surface area contributed by atoms with Crippen LogP contribution < -0.4 is 15.8 Å². The molecule has 9 nitrogen and oxygen atoms in total. The molecule has 0 unspecified atom stereocenters. The Kier molecular flexibility index (Phi) is 8.15. The molecule has 1 saturated carbocycles. The van der Waals surface area contributed by atoms with Crippen molar-refractivity contribution in [2.45, 2.75) is 70.9 Å². The maximum atomic E-state index is 15.2. The van der Waals surface area contributed by atoms with Crippen molar-refractivity contribution in [3.8, 4) is 0 Å². The van der Waals surface area contributed by atoms with Crippen molar-refractivity contribution in [2.24, 2.45) is 5.92 Å². The summed E-state index contributed by atoms with van der Waals surface area (Å²) in [6, 6.07) is 9.57. The van der Waals surface area contributed by atoms with Gasteiger partial charge >= 0.3 is 0 Å². The first-order valence-electron chi connectivity index (χ1n) is 15.2. The summed E-state index contributed by atoms with van der Waals surface area (Å²) in [4.78, 5) is 41.6. The van der Waals surface area contributed by atoms with Gasteiger partial charge in [0.2, 0.25) is 5.95 Å². The number of ketones is 1. The Labute approximate surface area is 254 Å². The number of fused-ring (bicyclic) bond motifs is 1. The van der Waals surface area contributed by atoms with Gasteiger partial charge in [-0.15, -0.1) is 0 Å². The summed E-state index contributed by atoms with van der Waals surface area (Å²) in [5.74, 6) is -3.18. The molecule has 3 aromatic heterocycles. The molecule has 0 bridgehead atoms. The zero-order valence-electron chi connectivity index (χ0n) is 24.9. The van der Waals surface area contributed by atoms with Crippen LogP contribution in [0.1, 0.15) is 78.5 Å². The molecule has 1 aliphatic heterocycles. The summed E-state index contributed by atoms with van der Waals surface area (Å²) in [5.41, 5.74) is 2.41. The highest BCUT2D eigenvalue weighted by Gasteiger charge is 2.42. The van der Waals surface area contributed by atoms with Crippen LogP contribution in [0, 0.1) is 12.8 Å². The minimum atomic E-state index is -2.94. The number of pyridine rings is 2. The fourth-order valence-corrected chi connectivity index (χ4v) is 6.64. The van der Waals surface area contributed by atoms with E-state index in [1.165, 1.54) is 19.1 Å². The van der Waals surface area contributed by atoms with Crippen LogP contribution in [0.5, 0.6) is 0 Å². The first-order valence-corrected chi connectivity index (χ1v) is 15.2. The second-order valence-electron chi connectivity index (χ2n) is 11.9. The van der Waals surface area contributed by atoms with Gasteiger partial charge in [0.25, 0.3) is 11.5 Å². The highest BCUT2D eigenvalue weighted by molar-refractivity contribution is 5.99. The molecule has 2 fully saturated rings. The number of hydrogen-bond donors (Lipinski definition) is 2. The number of halogens is 2. The van der Waals surface area contributed by atoms with E-state index in [2.05, 4.69) is 20.2 Å². The average Bonchev–Trinajstić information content (AvgIpc) is 3.56. The Morgan fingerprint density at radius 3 is 2.34 bits per heavy atom. The van der Waals surface area contributed by atoms with E-state index in [9.17, 15) is 14.7 Å². The number of aliphatic hydroxyl groups excluding tert-OH is 1. The molecule has 6 rings (SSSR count). The molecule has 4 aromatic rings. The number of alkyl halides is 2. The van der Waals surface area contributed by atoms with Crippen LogP contribution in [0.4, 0.5) is 26.2 Å². The van der Waals surface area contributed by atoms with E-state index < -0.39 is 11.8 Å². The summed E-state index contributed by atoms with van der Waals surface area (Å²) >= 11 is 0. The largest absolute Gasteiger partial charge is 0.392 e. The van der Waals surface area contributed by atoms with Crippen molar-refractivity contribution in [1.82, 2.24) is 19.5 Å². The van der Waals surface area contributed by atoms with Gasteiger partial charge in [-0.3, -0.25) is 14.2 Å². The molecule has 0 spiro atoms. The van der Waals surface area contributed by atoms with Crippen LogP contribution in [0.3, 0.4) is 0 Å². The molecule has 1 aliphatic carbocycles. The summed E-state index contributed by atoms with van der Waals surface area (Å²) in [5, 5.41) is 13.0. The van der Waals surface area contributed by atoms with Crippen molar-refractivity contribution < 1.29 is 18.7 Å². The smallest absolute Gasteiger partial charge is 0.276 e. The minimum Gasteiger partial charge on any atom is -0.392 e. The van der Waals surface area contributed by atoms with Crippen molar-refractivity contribution in [2.75, 3.05) is 23.3 Å². The van der Waals surface area contributed by atoms with Gasteiger partial charge in [-0.1, -0.05) is 37.1 Å². The normalized spacial score (nSPS) is 16.5. The Bertz CT molecular complexity index is 1730. The number of carbonyl (C=O) groups is 1. The van der Waals surface area contributed by atoms with Gasteiger partial charge in [0.1, 0.15) is 11.5 Å². The highest BCUT2D eigenvalue weighted by atomic mass is 19.3. The van der Waals surface area contributed by atoms with E-state index >= 15 is 8.78 Å². The molecule has 1 saturated heterocycles. The summed E-state index contributed by atoms with van der Waals surface area (Å²) in [6.45, 7) is 3.97. The number of aryl methyl sites for hydroxylation is 1. The minimum absolute atomic E-state index is 0.0141. The number of benzene rings is 1. The number of aromatic nitrogens is 4. The van der Waals surface area contributed by atoms with Gasteiger partial charge in [0.15, 0.2) is 5.78 Å². The number of anilines is 3. The van der Waals surface area contributed by atoms with E-state index in [0.717, 1.165) is 31.4 Å². The Morgan fingerprint density at radius 2 is 1.73 bits per heavy atom. The third kappa shape index (κ3) is 5.56. The number of nitrogens with zero attached hydrogens (tertiary/aromatic N) is 5. The fourth-order valence-electron chi connectivity index (χ4n) is 6.64. The molecule has 4 heterocycles. The van der Waals surface area contributed by atoms with E-state index in [1.54, 1.807) is 42.1 Å². The van der Waals surface area contributed by atoms with Crippen LogP contribution in [-0.2, 0) is 12.5 Å². The lowest BCUT2D eigenvalue weighted by atomic mass is 9.86. The molecule has 2 N–H and O–H groups in total. The molecule has 11 heteroatoms. The summed E-state index contributed by atoms with van der Waals surface area (Å²) < 4.78 is 32.1. The number of rotatable bonds is 8. The molecule has 2 aliphatic rings. The molecule has 0 atom stereocenters. The van der Waals surface area contributed by atoms with Gasteiger partial charge < -0.3 is 15.3 Å². The third-order valence-corrected chi connectivity index (χ3v) is 9.13. The number of aliphatic hydroxyl groups is 1. The SMILES string of the molecule is CC(=O)c1c(C)c2cnc(Nc3ccc(N4CCC(C(F)(F)c5ccc(CO)cc5)CC4)cn3)nc2n(C2CCCC2)c1=O. The number of piperidine rings is 1. The van der Waals surface area contributed by atoms with Crippen molar-refractivity contribution >= 4 is 34.3 Å². The topological polar surface area (TPSA) is 113 Å². The van der Waals surface area contributed by atoms with Gasteiger partial charge in [-0.2, -0.15) is 4.98 Å². The number of Topliss-reactive ketones (excluding diaryl/α,β-unsaturated/α-hetero) is 1. The quantitative estimate of drug-likeness (QED) is 0.234. The molecular formula is C33H36F2N6O3. The van der Waals surface area contributed by atoms with Gasteiger partial charge in [-0.05, 0) is 62.8 Å². The lowest BCUT2D eigenvalue weighted by Crippen LogP contribution is -2.39. The molecule has 1 aromatic carbocycles. The fraction of sp³-hybridized carbons (Fsp3) is 0.424. The lowest BCUT2D eigenvalue weighted by Gasteiger charge is -2.37. The standard InChI is InChI=1S/C33H36F2N6O3/c1-20-27-18-37-32(39-30(27)41(25-5-3-4-6-25)31(44)29(20)21(2)43)38-28-12-11-26(17-36-28)40-15-13-24(14-16-40)33(34,35)23-9-7-22(19-42)8-10-23/h7-12,17-18,24-25,42H,3-6,13-16,19H2,1-2H3,(H,36,37,38,39). The lowest BCUT2D eigenvalue weighted by molar-refractivity contribution is -0.0734. The van der Waals surface area contributed by atoms with Gasteiger partial charge in [-0.25, -0.2) is 18.7 Å². The maximum Gasteiger partial charge on any atom is 0.276 e. The van der Waals surface area contributed by atoms with Crippen LogP contribution in [0.2, 0.25) is 0 Å². The first kappa shape index (κ1) is 29.8. The zero-order valence-corrected chi connectivity index (χ0v) is 24.9. The Morgan fingerprint density at radius 1 is 1.02 bits per heavy atom. The molecule has 0 radical (unpaired) electrons. The molecule has 44 heavy (non-hydrogen) atoms. The Balaban J connectivity index is 1.17. The average molecular weight is 603 g/mol. The molecule has 0 amide bonds. The Hall–Kier alpha value is -4.25. The number of nitrogens with one attached hydrogen (secondary N) is 1. The zero-order chi connectivity index (χ0) is 31.0. The van der Waals surface area contributed by atoms with Crippen LogP contribution in [-0.4, -0.2) is 43.5 Å². The van der Waals surface area contributed by atoms with Crippen molar-refractivity contribution in [3.63, 3.8) is 0 Å². The van der Waals surface area contributed by atoms with E-state index in [4.69, 9.17) is 4.98 Å². The number of carbonyl (C=O) groups excluding carboxylic acids is 1. The monoisotopic (exact) mass is 602 g/mol. The highest BCUT2D eigenvalue weighted by Crippen LogP contribution is 2.42. The van der Waals surface area contributed by atoms with Crippen LogP contribution in [0.15, 0.2) is 53.6 Å². The van der Waals surface area contributed by atoms with Crippen molar-refractivity contribution in [1.29, 1.82) is 0 Å².